The summed E-state index contributed by atoms with van der Waals surface area (Å²) < 4.78 is 28.5. The van der Waals surface area contributed by atoms with Crippen LogP contribution in [0.4, 0.5) is 11.4 Å². The summed E-state index contributed by atoms with van der Waals surface area (Å²) in [6, 6.07) is 22.6. The predicted octanol–water partition coefficient (Wildman–Crippen LogP) is 4.03. The minimum absolute atomic E-state index is 0.200. The molecule has 1 amide bonds. The van der Waals surface area contributed by atoms with Gasteiger partial charge in [-0.15, -0.1) is 0 Å². The first-order chi connectivity index (χ1) is 18.3. The number of rotatable bonds is 7. The Morgan fingerprint density at radius 3 is 2.37 bits per heavy atom. The van der Waals surface area contributed by atoms with Crippen molar-refractivity contribution in [3.8, 4) is 0 Å². The van der Waals surface area contributed by atoms with Crippen molar-refractivity contribution >= 4 is 44.4 Å². The first-order valence-electron chi connectivity index (χ1n) is 12.5. The van der Waals surface area contributed by atoms with E-state index in [0.29, 0.717) is 47.7 Å². The van der Waals surface area contributed by atoms with Gasteiger partial charge in [-0.2, -0.15) is 0 Å². The molecule has 0 bridgehead atoms. The second-order valence-corrected chi connectivity index (χ2v) is 11.6. The van der Waals surface area contributed by atoms with Crippen LogP contribution in [0.3, 0.4) is 0 Å². The number of sulfone groups is 1. The Labute approximate surface area is 222 Å². The molecular weight excluding hydrogens is 502 g/mol. The molecule has 1 saturated heterocycles. The molecule has 0 spiro atoms. The molecule has 38 heavy (non-hydrogen) atoms. The van der Waals surface area contributed by atoms with Gasteiger partial charge in [-0.05, 0) is 42.3 Å². The number of amides is 1. The Kier molecular flexibility index (Phi) is 7.31. The summed E-state index contributed by atoms with van der Waals surface area (Å²) in [4.78, 5) is 27.5. The fourth-order valence-corrected chi connectivity index (χ4v) is 5.93. The molecule has 0 unspecified atom stereocenters. The zero-order chi connectivity index (χ0) is 26.7. The van der Waals surface area contributed by atoms with Crippen LogP contribution < -0.4 is 10.6 Å². The number of benzene rings is 3. The van der Waals surface area contributed by atoms with Gasteiger partial charge in [0, 0.05) is 30.9 Å². The van der Waals surface area contributed by atoms with Crippen molar-refractivity contribution < 1.29 is 22.7 Å². The van der Waals surface area contributed by atoms with Gasteiger partial charge in [0.2, 0.25) is 0 Å². The van der Waals surface area contributed by atoms with E-state index >= 15 is 0 Å². The Bertz CT molecular complexity index is 1480. The Hall–Kier alpha value is -3.95. The highest BCUT2D eigenvalue weighted by molar-refractivity contribution is 7.91. The molecular formula is C29H29N3O5S. The lowest BCUT2D eigenvalue weighted by Crippen LogP contribution is -2.39. The summed E-state index contributed by atoms with van der Waals surface area (Å²) in [5.74, 6) is -0.296. The van der Waals surface area contributed by atoms with E-state index in [4.69, 9.17) is 4.74 Å². The van der Waals surface area contributed by atoms with Crippen molar-refractivity contribution in [2.24, 2.45) is 0 Å². The minimum Gasteiger partial charge on any atom is -0.462 e. The fourth-order valence-electron chi connectivity index (χ4n) is 4.65. The topological polar surface area (TPSA) is 105 Å². The number of esters is 1. The van der Waals surface area contributed by atoms with Crippen LogP contribution in [0.1, 0.15) is 34.0 Å². The van der Waals surface area contributed by atoms with Crippen LogP contribution >= 0.6 is 0 Å². The molecule has 5 rings (SSSR count). The molecule has 0 radical (unpaired) electrons. The maximum atomic E-state index is 13.2. The first-order valence-corrected chi connectivity index (χ1v) is 14.4. The summed E-state index contributed by atoms with van der Waals surface area (Å²) >= 11 is 0. The van der Waals surface area contributed by atoms with E-state index in [1.165, 1.54) is 0 Å². The van der Waals surface area contributed by atoms with Crippen LogP contribution in [-0.4, -0.2) is 56.4 Å². The van der Waals surface area contributed by atoms with Crippen LogP contribution in [0.2, 0.25) is 0 Å². The van der Waals surface area contributed by atoms with Gasteiger partial charge >= 0.3 is 5.97 Å². The zero-order valence-corrected chi connectivity index (χ0v) is 21.9. The first kappa shape index (κ1) is 25.7. The van der Waals surface area contributed by atoms with Crippen molar-refractivity contribution in [2.45, 2.75) is 13.5 Å². The van der Waals surface area contributed by atoms with Gasteiger partial charge in [0.15, 0.2) is 9.84 Å². The van der Waals surface area contributed by atoms with Crippen molar-refractivity contribution in [3.63, 3.8) is 0 Å². The number of nitrogens with one attached hydrogen (secondary N) is 2. The highest BCUT2D eigenvalue weighted by Crippen LogP contribution is 2.38. The van der Waals surface area contributed by atoms with Crippen LogP contribution in [0.5, 0.6) is 0 Å². The molecule has 2 N–H and O–H groups in total. The van der Waals surface area contributed by atoms with Gasteiger partial charge in [-0.25, -0.2) is 13.2 Å². The molecule has 2 aliphatic heterocycles. The molecule has 3 aromatic carbocycles. The van der Waals surface area contributed by atoms with Crippen LogP contribution in [0, 0.1) is 0 Å². The summed E-state index contributed by atoms with van der Waals surface area (Å²) in [6.45, 7) is 3.78. The van der Waals surface area contributed by atoms with E-state index < -0.39 is 15.8 Å². The third kappa shape index (κ3) is 5.64. The third-order valence-corrected chi connectivity index (χ3v) is 8.26. The molecule has 3 aromatic rings. The number of fused-ring (bicyclic) bond motifs is 1. The molecule has 2 heterocycles. The van der Waals surface area contributed by atoms with E-state index in [-0.39, 0.29) is 24.0 Å². The highest BCUT2D eigenvalue weighted by atomic mass is 32.2. The smallest absolute Gasteiger partial charge is 0.338 e. The monoisotopic (exact) mass is 531 g/mol. The van der Waals surface area contributed by atoms with Gasteiger partial charge in [0.1, 0.15) is 0 Å². The Balaban J connectivity index is 1.43. The molecule has 8 nitrogen and oxygen atoms in total. The lowest BCUT2D eigenvalue weighted by atomic mass is 9.99. The van der Waals surface area contributed by atoms with E-state index in [0.717, 1.165) is 16.8 Å². The van der Waals surface area contributed by atoms with Gasteiger partial charge in [0.05, 0.1) is 40.6 Å². The molecule has 9 heteroatoms. The van der Waals surface area contributed by atoms with Crippen molar-refractivity contribution in [2.75, 3.05) is 41.8 Å². The third-order valence-electron chi connectivity index (χ3n) is 6.65. The lowest BCUT2D eigenvalue weighted by molar-refractivity contribution is -0.110. The molecule has 196 valence electrons. The molecule has 0 aliphatic carbocycles. The van der Waals surface area contributed by atoms with Crippen molar-refractivity contribution in [1.29, 1.82) is 0 Å². The van der Waals surface area contributed by atoms with Crippen LogP contribution in [0.25, 0.3) is 11.3 Å². The second-order valence-electron chi connectivity index (χ2n) is 9.30. The summed E-state index contributed by atoms with van der Waals surface area (Å²) in [5, 5.41) is 6.33. The average molecular weight is 532 g/mol. The fraction of sp³-hybridized carbons (Fsp3) is 0.241. The normalized spacial score (nSPS) is 17.9. The number of ether oxygens (including phenoxy) is 1. The second kappa shape index (κ2) is 10.8. The molecule has 2 aliphatic rings. The van der Waals surface area contributed by atoms with Crippen molar-refractivity contribution in [3.05, 3.63) is 95.1 Å². The molecule has 1 fully saturated rings. The van der Waals surface area contributed by atoms with Gasteiger partial charge in [0.25, 0.3) is 5.91 Å². The van der Waals surface area contributed by atoms with Crippen LogP contribution in [0.15, 0.2) is 72.8 Å². The quantitative estimate of drug-likeness (QED) is 0.350. The standard InChI is InChI=1S/C29H29N3O5S/c1-2-37-29(34)22-10-13-24-25(18-22)31-28(33)26(24)27(21-6-4-3-5-7-21)30-23-11-8-20(9-12-23)19-32-14-16-38(35,36)17-15-32/h3-13,18,30H,2,14-17,19H2,1H3,(H,31,33)/b27-26-. The number of anilines is 2. The number of hydrogen-bond acceptors (Lipinski definition) is 7. The highest BCUT2D eigenvalue weighted by Gasteiger charge is 2.29. The number of carbonyl (C=O) groups excluding carboxylic acids is 2. The SMILES string of the molecule is CCOC(=O)c1ccc2c(c1)NC(=O)/C2=C(\Nc1ccc(CN2CCS(=O)(=O)CC2)cc1)c1ccccc1. The zero-order valence-electron chi connectivity index (χ0n) is 21.1. The van der Waals surface area contributed by atoms with Gasteiger partial charge < -0.3 is 15.4 Å². The number of nitrogens with zero attached hydrogens (tertiary/aromatic N) is 1. The van der Waals surface area contributed by atoms with E-state index in [1.807, 2.05) is 54.6 Å². The maximum Gasteiger partial charge on any atom is 0.338 e. The Morgan fingerprint density at radius 2 is 1.68 bits per heavy atom. The number of carbonyl (C=O) groups is 2. The average Bonchev–Trinajstić information content (AvgIpc) is 3.24. The molecule has 0 aromatic heterocycles. The van der Waals surface area contributed by atoms with E-state index in [2.05, 4.69) is 15.5 Å². The lowest BCUT2D eigenvalue weighted by Gasteiger charge is -2.26. The van der Waals surface area contributed by atoms with Crippen LogP contribution in [-0.2, 0) is 25.9 Å². The summed E-state index contributed by atoms with van der Waals surface area (Å²) in [6.07, 6.45) is 0. The minimum atomic E-state index is -2.91. The van der Waals surface area contributed by atoms with Crippen molar-refractivity contribution in [1.82, 2.24) is 4.90 Å². The van der Waals surface area contributed by atoms with E-state index in [1.54, 1.807) is 25.1 Å². The van der Waals surface area contributed by atoms with Gasteiger partial charge in [-0.3, -0.25) is 9.69 Å². The predicted molar refractivity (Wildman–Crippen MR) is 148 cm³/mol. The maximum absolute atomic E-state index is 13.2. The molecule has 0 atom stereocenters. The molecule has 0 saturated carbocycles. The summed E-state index contributed by atoms with van der Waals surface area (Å²) in [5.41, 5.74) is 5.52. The number of hydrogen-bond donors (Lipinski definition) is 2. The van der Waals surface area contributed by atoms with Gasteiger partial charge in [-0.1, -0.05) is 48.5 Å². The van der Waals surface area contributed by atoms with E-state index in [9.17, 15) is 18.0 Å². The summed E-state index contributed by atoms with van der Waals surface area (Å²) in [7, 11) is -2.91. The Morgan fingerprint density at radius 1 is 0.974 bits per heavy atom. The largest absolute Gasteiger partial charge is 0.462 e.